The fraction of sp³-hybridized carbons (Fsp3) is 0.0769. The number of benzene rings is 1. The summed E-state index contributed by atoms with van der Waals surface area (Å²) in [5.41, 5.74) is 0.805. The molecule has 0 aliphatic heterocycles. The van der Waals surface area contributed by atoms with Gasteiger partial charge in [-0.1, -0.05) is 0 Å². The Kier molecular flexibility index (Phi) is 4.72. The fourth-order valence-corrected chi connectivity index (χ4v) is 2.74. The fourth-order valence-electron chi connectivity index (χ4n) is 1.49. The van der Waals surface area contributed by atoms with Gasteiger partial charge in [0, 0.05) is 16.7 Å². The number of methoxy groups -OCH3 is 1. The van der Waals surface area contributed by atoms with E-state index in [2.05, 4.69) is 42.2 Å². The molecular formula is C13H9Br2FN2O2. The minimum absolute atomic E-state index is 0.264. The van der Waals surface area contributed by atoms with Crippen molar-refractivity contribution in [3.63, 3.8) is 0 Å². The third-order valence-electron chi connectivity index (χ3n) is 2.48. The summed E-state index contributed by atoms with van der Waals surface area (Å²) in [6.07, 6.45) is 1.18. The number of carbonyl (C=O) groups excluding carboxylic acids is 1. The predicted octanol–water partition coefficient (Wildman–Crippen LogP) is 4.01. The molecule has 0 aliphatic rings. The van der Waals surface area contributed by atoms with Crippen molar-refractivity contribution in [2.45, 2.75) is 0 Å². The highest BCUT2D eigenvalue weighted by Gasteiger charge is 2.12. The maximum atomic E-state index is 12.7. The Morgan fingerprint density at radius 1 is 1.30 bits per heavy atom. The number of ether oxygens (including phenoxy) is 1. The van der Waals surface area contributed by atoms with E-state index in [4.69, 9.17) is 4.74 Å². The van der Waals surface area contributed by atoms with E-state index in [1.807, 2.05) is 0 Å². The number of hydrogen-bond donors (Lipinski definition) is 1. The number of anilines is 1. The van der Waals surface area contributed by atoms with Gasteiger partial charge in [-0.05, 0) is 50.1 Å². The zero-order valence-corrected chi connectivity index (χ0v) is 13.5. The lowest BCUT2D eigenvalue weighted by Crippen LogP contribution is -2.13. The Balaban J connectivity index is 2.25. The molecule has 7 heteroatoms. The van der Waals surface area contributed by atoms with Crippen LogP contribution in [0.4, 0.5) is 10.1 Å². The second-order valence-corrected chi connectivity index (χ2v) is 5.50. The van der Waals surface area contributed by atoms with Crippen LogP contribution >= 0.6 is 31.9 Å². The van der Waals surface area contributed by atoms with Crippen LogP contribution in [0.25, 0.3) is 0 Å². The second-order valence-electron chi connectivity index (χ2n) is 3.79. The van der Waals surface area contributed by atoms with Gasteiger partial charge in [-0.25, -0.2) is 4.98 Å². The van der Waals surface area contributed by atoms with E-state index in [-0.39, 0.29) is 11.5 Å². The first-order valence-corrected chi connectivity index (χ1v) is 7.06. The average molecular weight is 404 g/mol. The molecule has 1 N–H and O–H groups in total. The van der Waals surface area contributed by atoms with Crippen molar-refractivity contribution in [1.29, 1.82) is 0 Å². The summed E-state index contributed by atoms with van der Waals surface area (Å²) < 4.78 is 19.3. The van der Waals surface area contributed by atoms with Crippen LogP contribution in [0.3, 0.4) is 0 Å². The Hall–Kier alpha value is -1.47. The third-order valence-corrected chi connectivity index (χ3v) is 3.76. The molecule has 1 heterocycles. The van der Waals surface area contributed by atoms with Gasteiger partial charge < -0.3 is 10.1 Å². The number of nitrogens with one attached hydrogen (secondary N) is 1. The van der Waals surface area contributed by atoms with E-state index >= 15 is 0 Å². The maximum Gasteiger partial charge on any atom is 0.257 e. The van der Waals surface area contributed by atoms with Crippen LogP contribution in [0, 0.1) is 5.95 Å². The molecular weight excluding hydrogens is 395 g/mol. The highest BCUT2D eigenvalue weighted by molar-refractivity contribution is 9.11. The first-order valence-electron chi connectivity index (χ1n) is 5.47. The SMILES string of the molecule is COc1cc(NC(=O)c2ccc(F)nc2)c(Br)cc1Br. The lowest BCUT2D eigenvalue weighted by atomic mass is 10.2. The Morgan fingerprint density at radius 2 is 2.05 bits per heavy atom. The van der Waals surface area contributed by atoms with Gasteiger partial charge in [0.25, 0.3) is 5.91 Å². The number of pyridine rings is 1. The minimum Gasteiger partial charge on any atom is -0.495 e. The highest BCUT2D eigenvalue weighted by atomic mass is 79.9. The molecule has 1 amide bonds. The largest absolute Gasteiger partial charge is 0.495 e. The molecule has 0 radical (unpaired) electrons. The smallest absolute Gasteiger partial charge is 0.257 e. The molecule has 1 aromatic carbocycles. The number of rotatable bonds is 3. The topological polar surface area (TPSA) is 51.2 Å². The summed E-state index contributed by atoms with van der Waals surface area (Å²) >= 11 is 6.69. The quantitative estimate of drug-likeness (QED) is 0.788. The number of nitrogens with zero attached hydrogens (tertiary/aromatic N) is 1. The zero-order valence-electron chi connectivity index (χ0n) is 10.3. The van der Waals surface area contributed by atoms with E-state index in [0.29, 0.717) is 15.9 Å². The van der Waals surface area contributed by atoms with E-state index in [1.165, 1.54) is 19.4 Å². The molecule has 0 saturated carbocycles. The number of halogens is 3. The van der Waals surface area contributed by atoms with E-state index in [0.717, 1.165) is 10.5 Å². The van der Waals surface area contributed by atoms with Crippen molar-refractivity contribution < 1.29 is 13.9 Å². The zero-order chi connectivity index (χ0) is 14.7. The van der Waals surface area contributed by atoms with Gasteiger partial charge in [0.2, 0.25) is 5.95 Å². The van der Waals surface area contributed by atoms with Crippen molar-refractivity contribution >= 4 is 43.5 Å². The molecule has 20 heavy (non-hydrogen) atoms. The van der Waals surface area contributed by atoms with Crippen LogP contribution < -0.4 is 10.1 Å². The van der Waals surface area contributed by atoms with Gasteiger partial charge in [-0.15, -0.1) is 0 Å². The maximum absolute atomic E-state index is 12.7. The van der Waals surface area contributed by atoms with Crippen LogP contribution in [0.1, 0.15) is 10.4 Å². The highest BCUT2D eigenvalue weighted by Crippen LogP contribution is 2.34. The molecule has 0 spiro atoms. The summed E-state index contributed by atoms with van der Waals surface area (Å²) in [7, 11) is 1.53. The molecule has 0 unspecified atom stereocenters. The third kappa shape index (κ3) is 3.34. The molecule has 1 aromatic heterocycles. The van der Waals surface area contributed by atoms with Gasteiger partial charge in [0.1, 0.15) is 5.75 Å². The molecule has 4 nitrogen and oxygen atoms in total. The normalized spacial score (nSPS) is 10.2. The van der Waals surface area contributed by atoms with Crippen LogP contribution in [0.15, 0.2) is 39.4 Å². The summed E-state index contributed by atoms with van der Waals surface area (Å²) in [6.45, 7) is 0. The predicted molar refractivity (Wildman–Crippen MR) is 80.5 cm³/mol. The van der Waals surface area contributed by atoms with Gasteiger partial charge in [-0.3, -0.25) is 4.79 Å². The molecule has 2 rings (SSSR count). The van der Waals surface area contributed by atoms with Crippen molar-refractivity contribution in [3.8, 4) is 5.75 Å². The van der Waals surface area contributed by atoms with Gasteiger partial charge >= 0.3 is 0 Å². The van der Waals surface area contributed by atoms with Crippen LogP contribution in [0.2, 0.25) is 0 Å². The van der Waals surface area contributed by atoms with Crippen LogP contribution in [0.5, 0.6) is 5.75 Å². The Morgan fingerprint density at radius 3 is 2.65 bits per heavy atom. The summed E-state index contributed by atoms with van der Waals surface area (Å²) in [4.78, 5) is 15.5. The number of carbonyl (C=O) groups is 1. The summed E-state index contributed by atoms with van der Waals surface area (Å²) in [5.74, 6) is -0.434. The Labute approximate surface area is 131 Å². The summed E-state index contributed by atoms with van der Waals surface area (Å²) in [6, 6.07) is 5.92. The van der Waals surface area contributed by atoms with Crippen molar-refractivity contribution in [1.82, 2.24) is 4.98 Å². The molecule has 0 aliphatic carbocycles. The van der Waals surface area contributed by atoms with Crippen LogP contribution in [-0.4, -0.2) is 18.0 Å². The van der Waals surface area contributed by atoms with Gasteiger partial charge in [-0.2, -0.15) is 4.39 Å². The minimum atomic E-state index is -0.631. The Bertz CT molecular complexity index is 648. The number of aromatic nitrogens is 1. The molecule has 0 bridgehead atoms. The lowest BCUT2D eigenvalue weighted by Gasteiger charge is -2.11. The average Bonchev–Trinajstić information content (AvgIpc) is 2.42. The number of hydrogen-bond acceptors (Lipinski definition) is 3. The van der Waals surface area contributed by atoms with Crippen molar-refractivity contribution in [3.05, 3.63) is 50.9 Å². The second kappa shape index (κ2) is 6.32. The van der Waals surface area contributed by atoms with Gasteiger partial charge in [0.05, 0.1) is 22.8 Å². The molecule has 0 atom stereocenters. The van der Waals surface area contributed by atoms with Crippen molar-refractivity contribution in [2.75, 3.05) is 12.4 Å². The van der Waals surface area contributed by atoms with Crippen LogP contribution in [-0.2, 0) is 0 Å². The van der Waals surface area contributed by atoms with Crippen molar-refractivity contribution in [2.24, 2.45) is 0 Å². The molecule has 104 valence electrons. The van der Waals surface area contributed by atoms with E-state index in [1.54, 1.807) is 12.1 Å². The van der Waals surface area contributed by atoms with E-state index < -0.39 is 5.95 Å². The molecule has 0 saturated heterocycles. The van der Waals surface area contributed by atoms with Gasteiger partial charge in [0.15, 0.2) is 0 Å². The first kappa shape index (κ1) is 14.9. The summed E-state index contributed by atoms with van der Waals surface area (Å²) in [5, 5.41) is 2.70. The number of amides is 1. The first-order chi connectivity index (χ1) is 9.51. The molecule has 0 fully saturated rings. The monoisotopic (exact) mass is 402 g/mol. The lowest BCUT2D eigenvalue weighted by molar-refractivity contribution is 0.102. The van der Waals surface area contributed by atoms with E-state index in [9.17, 15) is 9.18 Å². The standard InChI is InChI=1S/C13H9Br2FN2O2/c1-20-11-5-10(8(14)4-9(11)15)18-13(19)7-2-3-12(16)17-6-7/h2-6H,1H3,(H,18,19). The molecule has 2 aromatic rings.